The van der Waals surface area contributed by atoms with Gasteiger partial charge in [0.05, 0.1) is 6.20 Å². The summed E-state index contributed by atoms with van der Waals surface area (Å²) in [4.78, 5) is 10.3. The zero-order valence-electron chi connectivity index (χ0n) is 8.03. The Hall–Kier alpha value is -1.76. The first-order valence-electron chi connectivity index (χ1n) is 4.35. The summed E-state index contributed by atoms with van der Waals surface area (Å²) < 4.78 is 1.70. The highest BCUT2D eigenvalue weighted by atomic mass is 16.4. The smallest absolute Gasteiger partial charge is 0.303 e. The molecule has 0 saturated carbocycles. The number of carbonyl (C=O) groups is 1. The van der Waals surface area contributed by atoms with Crippen LogP contribution in [0.4, 0.5) is 0 Å². The Morgan fingerprint density at radius 1 is 1.71 bits per heavy atom. The Bertz CT molecular complexity index is 371. The Morgan fingerprint density at radius 3 is 3.14 bits per heavy atom. The first-order chi connectivity index (χ1) is 6.72. The third kappa shape index (κ3) is 3.31. The van der Waals surface area contributed by atoms with E-state index in [1.54, 1.807) is 17.8 Å². The average Bonchev–Trinajstić information content (AvgIpc) is 2.59. The molecule has 14 heavy (non-hydrogen) atoms. The molecule has 0 spiro atoms. The maximum atomic E-state index is 10.3. The van der Waals surface area contributed by atoms with Crippen LogP contribution < -0.4 is 0 Å². The lowest BCUT2D eigenvalue weighted by atomic mass is 10.2. The molecule has 0 fully saturated rings. The summed E-state index contributed by atoms with van der Waals surface area (Å²) in [6.45, 7) is 2.33. The molecule has 1 aromatic heterocycles. The number of hydrogen-bond donors (Lipinski definition) is 1. The fourth-order valence-corrected chi connectivity index (χ4v) is 1.03. The first kappa shape index (κ1) is 10.3. The van der Waals surface area contributed by atoms with Crippen molar-refractivity contribution in [3.05, 3.63) is 18.0 Å². The molecule has 1 aromatic rings. The molecule has 4 heteroatoms. The first-order valence-corrected chi connectivity index (χ1v) is 4.35. The second-order valence-corrected chi connectivity index (χ2v) is 2.87. The van der Waals surface area contributed by atoms with E-state index < -0.39 is 5.97 Å². The number of aryl methyl sites for hydroxylation is 1. The predicted molar refractivity (Wildman–Crippen MR) is 51.6 cm³/mol. The van der Waals surface area contributed by atoms with Crippen LogP contribution in [0, 0.1) is 11.8 Å². The molecule has 0 aromatic carbocycles. The minimum Gasteiger partial charge on any atom is -0.481 e. The van der Waals surface area contributed by atoms with E-state index in [1.165, 1.54) is 0 Å². The van der Waals surface area contributed by atoms with Crippen LogP contribution in [-0.2, 0) is 17.8 Å². The summed E-state index contributed by atoms with van der Waals surface area (Å²) in [5.41, 5.74) is 0.935. The van der Waals surface area contributed by atoms with Crippen LogP contribution in [0.1, 0.15) is 18.9 Å². The van der Waals surface area contributed by atoms with Crippen LogP contribution in [0.25, 0.3) is 0 Å². The van der Waals surface area contributed by atoms with Crippen LogP contribution in [0.15, 0.2) is 12.4 Å². The lowest BCUT2D eigenvalue weighted by molar-refractivity contribution is -0.136. The van der Waals surface area contributed by atoms with Gasteiger partial charge in [-0.05, 0) is 18.9 Å². The second kappa shape index (κ2) is 5.07. The number of hydrogen-bond acceptors (Lipinski definition) is 2. The molecule has 0 atom stereocenters. The number of carboxylic acids is 1. The second-order valence-electron chi connectivity index (χ2n) is 2.87. The number of carboxylic acid groups (broad SMARTS) is 1. The van der Waals surface area contributed by atoms with Crippen LogP contribution in [0.5, 0.6) is 0 Å². The van der Waals surface area contributed by atoms with Gasteiger partial charge in [0.1, 0.15) is 6.54 Å². The summed E-state index contributed by atoms with van der Waals surface area (Å²) in [6, 6.07) is 0. The van der Waals surface area contributed by atoms with Gasteiger partial charge in [0.25, 0.3) is 0 Å². The van der Waals surface area contributed by atoms with Crippen LogP contribution in [-0.4, -0.2) is 20.9 Å². The Balaban J connectivity index is 2.49. The number of aliphatic carboxylic acids is 1. The average molecular weight is 192 g/mol. The number of aromatic nitrogens is 2. The van der Waals surface area contributed by atoms with E-state index in [9.17, 15) is 4.79 Å². The minimum atomic E-state index is -0.786. The topological polar surface area (TPSA) is 55.1 Å². The minimum absolute atomic E-state index is 0.144. The lowest BCUT2D eigenvalue weighted by Crippen LogP contribution is -1.97. The molecule has 0 amide bonds. The fourth-order valence-electron chi connectivity index (χ4n) is 1.03. The molecule has 1 heterocycles. The summed E-state index contributed by atoms with van der Waals surface area (Å²) in [7, 11) is 0. The molecule has 0 aliphatic heterocycles. The van der Waals surface area contributed by atoms with Gasteiger partial charge in [0, 0.05) is 12.6 Å². The third-order valence-electron chi connectivity index (χ3n) is 1.73. The normalized spacial score (nSPS) is 9.21. The summed E-state index contributed by atoms with van der Waals surface area (Å²) in [5, 5.41) is 12.5. The van der Waals surface area contributed by atoms with Crippen molar-refractivity contribution in [1.82, 2.24) is 9.78 Å². The highest BCUT2D eigenvalue weighted by Crippen LogP contribution is 2.01. The highest BCUT2D eigenvalue weighted by Gasteiger charge is 2.01. The van der Waals surface area contributed by atoms with Gasteiger partial charge < -0.3 is 5.11 Å². The molecule has 0 unspecified atom stereocenters. The molecule has 1 N–H and O–H groups in total. The van der Waals surface area contributed by atoms with Crippen molar-refractivity contribution in [2.24, 2.45) is 0 Å². The van der Waals surface area contributed by atoms with Crippen LogP contribution in [0.3, 0.4) is 0 Å². The molecular formula is C10H12N2O2. The van der Waals surface area contributed by atoms with Gasteiger partial charge in [0.15, 0.2) is 0 Å². The standard InChI is InChI=1S/C10H12N2O2/c1-2-3-6-12-8-9(7-11-12)4-5-10(13)14/h7-8H,4-6H2,1H3,(H,13,14). The van der Waals surface area contributed by atoms with Gasteiger partial charge in [0.2, 0.25) is 0 Å². The molecule has 0 saturated heterocycles. The quantitative estimate of drug-likeness (QED) is 0.722. The number of rotatable bonds is 4. The maximum absolute atomic E-state index is 10.3. The summed E-state index contributed by atoms with van der Waals surface area (Å²) in [5.74, 6) is 4.86. The molecule has 0 radical (unpaired) electrons. The Labute approximate surface area is 82.5 Å². The van der Waals surface area contributed by atoms with Crippen molar-refractivity contribution in [3.63, 3.8) is 0 Å². The van der Waals surface area contributed by atoms with Gasteiger partial charge in [-0.1, -0.05) is 5.92 Å². The molecule has 1 rings (SSSR count). The Kier molecular flexibility index (Phi) is 3.74. The largest absolute Gasteiger partial charge is 0.481 e. The van der Waals surface area contributed by atoms with Gasteiger partial charge in [-0.2, -0.15) is 5.10 Å². The van der Waals surface area contributed by atoms with E-state index in [0.29, 0.717) is 13.0 Å². The molecular weight excluding hydrogens is 180 g/mol. The van der Waals surface area contributed by atoms with Gasteiger partial charge in [-0.3, -0.25) is 9.48 Å². The van der Waals surface area contributed by atoms with Crippen molar-refractivity contribution < 1.29 is 9.90 Å². The van der Waals surface area contributed by atoms with Gasteiger partial charge in [-0.15, -0.1) is 5.92 Å². The van der Waals surface area contributed by atoms with Crippen molar-refractivity contribution >= 4 is 5.97 Å². The zero-order chi connectivity index (χ0) is 10.4. The molecule has 0 bridgehead atoms. The van der Waals surface area contributed by atoms with E-state index in [-0.39, 0.29) is 6.42 Å². The molecule has 4 nitrogen and oxygen atoms in total. The molecule has 0 aliphatic rings. The van der Waals surface area contributed by atoms with Crippen molar-refractivity contribution in [2.75, 3.05) is 0 Å². The number of nitrogens with zero attached hydrogens (tertiary/aromatic N) is 2. The monoisotopic (exact) mass is 192 g/mol. The lowest BCUT2D eigenvalue weighted by Gasteiger charge is -1.92. The van der Waals surface area contributed by atoms with E-state index in [4.69, 9.17) is 5.11 Å². The van der Waals surface area contributed by atoms with E-state index in [0.717, 1.165) is 5.56 Å². The third-order valence-corrected chi connectivity index (χ3v) is 1.73. The summed E-state index contributed by atoms with van der Waals surface area (Å²) in [6.07, 6.45) is 4.17. The van der Waals surface area contributed by atoms with Crippen molar-refractivity contribution in [2.45, 2.75) is 26.3 Å². The van der Waals surface area contributed by atoms with Crippen molar-refractivity contribution in [3.8, 4) is 11.8 Å². The zero-order valence-corrected chi connectivity index (χ0v) is 8.03. The van der Waals surface area contributed by atoms with Crippen LogP contribution in [0.2, 0.25) is 0 Å². The predicted octanol–water partition coefficient (Wildman–Crippen LogP) is 0.924. The van der Waals surface area contributed by atoms with E-state index in [1.807, 2.05) is 6.20 Å². The Morgan fingerprint density at radius 2 is 2.50 bits per heavy atom. The van der Waals surface area contributed by atoms with E-state index in [2.05, 4.69) is 16.9 Å². The van der Waals surface area contributed by atoms with Crippen molar-refractivity contribution in [1.29, 1.82) is 0 Å². The van der Waals surface area contributed by atoms with Gasteiger partial charge >= 0.3 is 5.97 Å². The summed E-state index contributed by atoms with van der Waals surface area (Å²) >= 11 is 0. The van der Waals surface area contributed by atoms with Gasteiger partial charge in [-0.25, -0.2) is 0 Å². The fraction of sp³-hybridized carbons (Fsp3) is 0.400. The maximum Gasteiger partial charge on any atom is 0.303 e. The van der Waals surface area contributed by atoms with Crippen LogP contribution >= 0.6 is 0 Å². The molecule has 74 valence electrons. The van der Waals surface area contributed by atoms with E-state index >= 15 is 0 Å². The highest BCUT2D eigenvalue weighted by molar-refractivity contribution is 5.67. The molecule has 0 aliphatic carbocycles. The SMILES string of the molecule is CC#CCn1cc(CCC(=O)O)cn1.